The van der Waals surface area contributed by atoms with E-state index >= 15 is 0 Å². The van der Waals surface area contributed by atoms with Gasteiger partial charge in [-0.2, -0.15) is 0 Å². The fraction of sp³-hybridized carbons (Fsp3) is 0.444. The Morgan fingerprint density at radius 3 is 2.67 bits per heavy atom. The fourth-order valence-corrected chi connectivity index (χ4v) is 4.33. The monoisotopic (exact) mass is 303 g/mol. The van der Waals surface area contributed by atoms with Gasteiger partial charge >= 0.3 is 0 Å². The summed E-state index contributed by atoms with van der Waals surface area (Å²) in [6.45, 7) is 4.30. The molecule has 0 saturated carbocycles. The van der Waals surface area contributed by atoms with Crippen LogP contribution in [0.3, 0.4) is 0 Å². The van der Waals surface area contributed by atoms with E-state index in [0.29, 0.717) is 6.04 Å². The highest BCUT2D eigenvalue weighted by Gasteiger charge is 2.18. The molecule has 0 bridgehead atoms. The standard InChI is InChI=1S/C18H22FNS/c1-12(14-7-5-8-16(19)10-14)20-13(2)18-11-15-6-3-4-9-17(15)21-18/h5,7-8,10-13,20H,3-4,6,9H2,1-2H3/t12-,13?/m0/s1. The van der Waals surface area contributed by atoms with Crippen molar-refractivity contribution in [3.05, 3.63) is 57.0 Å². The molecule has 3 rings (SSSR count). The molecule has 1 nitrogen and oxygen atoms in total. The van der Waals surface area contributed by atoms with Crippen LogP contribution in [-0.4, -0.2) is 0 Å². The number of aryl methyl sites for hydroxylation is 2. The molecular formula is C18H22FNS. The quantitative estimate of drug-likeness (QED) is 0.821. The minimum Gasteiger partial charge on any atom is -0.303 e. The summed E-state index contributed by atoms with van der Waals surface area (Å²) in [4.78, 5) is 2.98. The maximum Gasteiger partial charge on any atom is 0.123 e. The molecule has 1 unspecified atom stereocenters. The molecule has 0 spiro atoms. The molecule has 1 aliphatic rings. The van der Waals surface area contributed by atoms with E-state index in [1.807, 2.05) is 17.4 Å². The highest BCUT2D eigenvalue weighted by atomic mass is 32.1. The summed E-state index contributed by atoms with van der Waals surface area (Å²) in [7, 11) is 0. The van der Waals surface area contributed by atoms with Crippen LogP contribution in [0.15, 0.2) is 30.3 Å². The molecule has 112 valence electrons. The van der Waals surface area contributed by atoms with Crippen molar-refractivity contribution in [1.82, 2.24) is 5.32 Å². The smallest absolute Gasteiger partial charge is 0.123 e. The number of nitrogens with one attached hydrogen (secondary N) is 1. The van der Waals surface area contributed by atoms with Gasteiger partial charge in [-0.1, -0.05) is 12.1 Å². The lowest BCUT2D eigenvalue weighted by molar-refractivity contribution is 0.497. The van der Waals surface area contributed by atoms with Crippen LogP contribution >= 0.6 is 11.3 Å². The first-order valence-electron chi connectivity index (χ1n) is 7.76. The highest BCUT2D eigenvalue weighted by molar-refractivity contribution is 7.12. The number of fused-ring (bicyclic) bond motifs is 1. The second-order valence-corrected chi connectivity index (χ2v) is 7.14. The van der Waals surface area contributed by atoms with Gasteiger partial charge in [0.05, 0.1) is 0 Å². The lowest BCUT2D eigenvalue weighted by Gasteiger charge is -2.19. The Kier molecular flexibility index (Phi) is 4.41. The maximum absolute atomic E-state index is 13.3. The van der Waals surface area contributed by atoms with Crippen LogP contribution in [0.25, 0.3) is 0 Å². The number of hydrogen-bond acceptors (Lipinski definition) is 2. The molecule has 1 aromatic carbocycles. The summed E-state index contributed by atoms with van der Waals surface area (Å²) < 4.78 is 13.3. The Morgan fingerprint density at radius 2 is 1.90 bits per heavy atom. The van der Waals surface area contributed by atoms with Crippen molar-refractivity contribution in [3.8, 4) is 0 Å². The van der Waals surface area contributed by atoms with Crippen molar-refractivity contribution in [2.24, 2.45) is 0 Å². The molecule has 1 aliphatic carbocycles. The Balaban J connectivity index is 1.70. The summed E-state index contributed by atoms with van der Waals surface area (Å²) >= 11 is 1.95. The van der Waals surface area contributed by atoms with Crippen molar-refractivity contribution in [1.29, 1.82) is 0 Å². The van der Waals surface area contributed by atoms with E-state index in [1.54, 1.807) is 22.6 Å². The van der Waals surface area contributed by atoms with E-state index in [9.17, 15) is 4.39 Å². The van der Waals surface area contributed by atoms with E-state index in [0.717, 1.165) is 5.56 Å². The summed E-state index contributed by atoms with van der Waals surface area (Å²) in [5, 5.41) is 3.59. The molecule has 2 atom stereocenters. The second-order valence-electron chi connectivity index (χ2n) is 5.97. The van der Waals surface area contributed by atoms with Crippen LogP contribution in [0.5, 0.6) is 0 Å². The van der Waals surface area contributed by atoms with Crippen molar-refractivity contribution in [3.63, 3.8) is 0 Å². The number of hydrogen-bond donors (Lipinski definition) is 1. The number of halogens is 1. The first-order valence-corrected chi connectivity index (χ1v) is 8.58. The number of rotatable bonds is 4. The van der Waals surface area contributed by atoms with Gasteiger partial charge < -0.3 is 5.32 Å². The normalized spacial score (nSPS) is 17.3. The van der Waals surface area contributed by atoms with Crippen LogP contribution in [0.4, 0.5) is 4.39 Å². The lowest BCUT2D eigenvalue weighted by atomic mass is 9.99. The van der Waals surface area contributed by atoms with Crippen molar-refractivity contribution in [2.45, 2.75) is 51.6 Å². The Labute approximate surface area is 130 Å². The highest BCUT2D eigenvalue weighted by Crippen LogP contribution is 2.33. The molecule has 0 fully saturated rings. The third-order valence-electron chi connectivity index (χ3n) is 4.29. The topological polar surface area (TPSA) is 12.0 Å². The van der Waals surface area contributed by atoms with Gasteiger partial charge in [0.25, 0.3) is 0 Å². The average Bonchev–Trinajstić information content (AvgIpc) is 2.91. The van der Waals surface area contributed by atoms with Gasteiger partial charge in [-0.25, -0.2) is 4.39 Å². The molecule has 1 aromatic heterocycles. The molecule has 0 radical (unpaired) electrons. The summed E-state index contributed by atoms with van der Waals surface area (Å²) in [6.07, 6.45) is 5.13. The fourth-order valence-electron chi connectivity index (χ4n) is 3.06. The third-order valence-corrected chi connectivity index (χ3v) is 5.71. The van der Waals surface area contributed by atoms with Gasteiger partial charge in [-0.3, -0.25) is 0 Å². The molecule has 0 aliphatic heterocycles. The zero-order chi connectivity index (χ0) is 14.8. The van der Waals surface area contributed by atoms with E-state index < -0.39 is 0 Å². The Hall–Kier alpha value is -1.19. The molecule has 2 aromatic rings. The zero-order valence-electron chi connectivity index (χ0n) is 12.7. The number of benzene rings is 1. The van der Waals surface area contributed by atoms with Gasteiger partial charge in [0, 0.05) is 21.8 Å². The zero-order valence-corrected chi connectivity index (χ0v) is 13.5. The average molecular weight is 303 g/mol. The molecule has 1 N–H and O–H groups in total. The van der Waals surface area contributed by atoms with Crippen LogP contribution < -0.4 is 5.32 Å². The molecule has 1 heterocycles. The van der Waals surface area contributed by atoms with Crippen molar-refractivity contribution < 1.29 is 4.39 Å². The number of thiophene rings is 1. The second kappa shape index (κ2) is 6.29. The van der Waals surface area contributed by atoms with Crippen LogP contribution in [0, 0.1) is 5.82 Å². The first kappa shape index (κ1) is 14.7. The lowest BCUT2D eigenvalue weighted by Crippen LogP contribution is -2.21. The predicted octanol–water partition coefficient (Wildman–Crippen LogP) is 5.18. The molecule has 3 heteroatoms. The molecule has 0 saturated heterocycles. The SMILES string of the molecule is CC(N[C@@H](C)c1cccc(F)c1)c1cc2c(s1)CCCC2. The summed E-state index contributed by atoms with van der Waals surface area (Å²) in [6, 6.07) is 9.68. The van der Waals surface area contributed by atoms with Crippen molar-refractivity contribution in [2.75, 3.05) is 0 Å². The van der Waals surface area contributed by atoms with Gasteiger partial charge in [0.15, 0.2) is 0 Å². The van der Waals surface area contributed by atoms with E-state index in [2.05, 4.69) is 25.2 Å². The third kappa shape index (κ3) is 3.35. The van der Waals surface area contributed by atoms with Crippen LogP contribution in [0.1, 0.15) is 59.7 Å². The minimum absolute atomic E-state index is 0.148. The Morgan fingerprint density at radius 1 is 1.10 bits per heavy atom. The van der Waals surface area contributed by atoms with Gasteiger partial charge in [-0.05, 0) is 68.9 Å². The van der Waals surface area contributed by atoms with E-state index in [4.69, 9.17) is 0 Å². The van der Waals surface area contributed by atoms with Gasteiger partial charge in [0.1, 0.15) is 5.82 Å². The Bertz CT molecular complexity index is 596. The van der Waals surface area contributed by atoms with E-state index in [-0.39, 0.29) is 11.9 Å². The van der Waals surface area contributed by atoms with Crippen molar-refractivity contribution >= 4 is 11.3 Å². The largest absolute Gasteiger partial charge is 0.303 e. The van der Waals surface area contributed by atoms with Crippen LogP contribution in [0.2, 0.25) is 0 Å². The summed E-state index contributed by atoms with van der Waals surface area (Å²) in [5.74, 6) is -0.166. The van der Waals surface area contributed by atoms with Crippen LogP contribution in [-0.2, 0) is 12.8 Å². The first-order chi connectivity index (χ1) is 10.1. The maximum atomic E-state index is 13.3. The molecule has 21 heavy (non-hydrogen) atoms. The molecular weight excluding hydrogens is 281 g/mol. The van der Waals surface area contributed by atoms with Gasteiger partial charge in [-0.15, -0.1) is 11.3 Å². The minimum atomic E-state index is -0.166. The molecule has 0 amide bonds. The van der Waals surface area contributed by atoms with E-state index in [1.165, 1.54) is 36.6 Å². The predicted molar refractivity (Wildman–Crippen MR) is 87.3 cm³/mol. The van der Waals surface area contributed by atoms with Gasteiger partial charge in [0.2, 0.25) is 0 Å². The summed E-state index contributed by atoms with van der Waals surface area (Å²) in [5.41, 5.74) is 2.55.